The summed E-state index contributed by atoms with van der Waals surface area (Å²) in [5.74, 6) is -0.340. The average molecular weight is 346 g/mol. The number of amides is 1. The molecule has 0 fully saturated rings. The van der Waals surface area contributed by atoms with E-state index < -0.39 is 10.0 Å². The molecule has 0 aliphatic heterocycles. The smallest absolute Gasteiger partial charge is 0.243 e. The van der Waals surface area contributed by atoms with E-state index in [1.54, 1.807) is 18.2 Å². The van der Waals surface area contributed by atoms with Gasteiger partial charge >= 0.3 is 0 Å². The zero-order valence-corrected chi connectivity index (χ0v) is 14.9. The van der Waals surface area contributed by atoms with Crippen molar-refractivity contribution in [2.24, 2.45) is 0 Å². The van der Waals surface area contributed by atoms with Crippen LogP contribution in [0.5, 0.6) is 0 Å². The summed E-state index contributed by atoms with van der Waals surface area (Å²) in [5.41, 5.74) is 2.09. The summed E-state index contributed by atoms with van der Waals surface area (Å²) < 4.78 is 25.9. The number of hydrogen-bond acceptors (Lipinski definition) is 3. The van der Waals surface area contributed by atoms with E-state index in [2.05, 4.69) is 5.32 Å². The van der Waals surface area contributed by atoms with Crippen LogP contribution in [0.15, 0.2) is 59.5 Å². The molecule has 2 aromatic rings. The van der Waals surface area contributed by atoms with Gasteiger partial charge in [0.25, 0.3) is 0 Å². The Labute approximate surface area is 143 Å². The molecule has 0 aliphatic rings. The lowest BCUT2D eigenvalue weighted by Gasteiger charge is -2.20. The number of sulfonamides is 1. The molecule has 1 atom stereocenters. The van der Waals surface area contributed by atoms with Crippen molar-refractivity contribution in [1.82, 2.24) is 9.62 Å². The van der Waals surface area contributed by atoms with Crippen molar-refractivity contribution in [3.63, 3.8) is 0 Å². The van der Waals surface area contributed by atoms with Crippen LogP contribution in [0.1, 0.15) is 24.1 Å². The first kappa shape index (κ1) is 18.2. The summed E-state index contributed by atoms with van der Waals surface area (Å²) in [5, 5.41) is 2.85. The molecule has 1 N–H and O–H groups in total. The summed E-state index contributed by atoms with van der Waals surface area (Å²) in [7, 11) is -2.27. The Hall–Kier alpha value is -2.18. The minimum Gasteiger partial charge on any atom is -0.348 e. The third-order valence-electron chi connectivity index (χ3n) is 3.85. The lowest BCUT2D eigenvalue weighted by Crippen LogP contribution is -2.39. The number of nitrogens with one attached hydrogen (secondary N) is 1. The molecule has 0 aliphatic carbocycles. The second kappa shape index (κ2) is 7.59. The molecule has 1 amide bonds. The van der Waals surface area contributed by atoms with Crippen molar-refractivity contribution in [3.05, 3.63) is 65.7 Å². The van der Waals surface area contributed by atoms with Gasteiger partial charge in [-0.3, -0.25) is 4.79 Å². The van der Waals surface area contributed by atoms with Crippen molar-refractivity contribution < 1.29 is 13.2 Å². The standard InChI is InChI=1S/C18H22N2O3S/c1-14-9-7-8-12-17(14)15(2)19-18(21)13-20(3)24(22,23)16-10-5-4-6-11-16/h4-12,15H,13H2,1-3H3,(H,19,21)/t15-/m1/s1. The Kier molecular flexibility index (Phi) is 5.75. The van der Waals surface area contributed by atoms with Crippen LogP contribution in [0.3, 0.4) is 0 Å². The number of nitrogens with zero attached hydrogens (tertiary/aromatic N) is 1. The summed E-state index contributed by atoms with van der Waals surface area (Å²) in [6.45, 7) is 3.63. The van der Waals surface area contributed by atoms with Crippen LogP contribution in [0.4, 0.5) is 0 Å². The van der Waals surface area contributed by atoms with E-state index in [1.165, 1.54) is 19.2 Å². The highest BCUT2D eigenvalue weighted by atomic mass is 32.2. The van der Waals surface area contributed by atoms with E-state index in [0.717, 1.165) is 15.4 Å². The molecule has 0 heterocycles. The topological polar surface area (TPSA) is 66.5 Å². The highest BCUT2D eigenvalue weighted by Gasteiger charge is 2.23. The number of carbonyl (C=O) groups excluding carboxylic acids is 1. The maximum atomic E-state index is 12.4. The monoisotopic (exact) mass is 346 g/mol. The van der Waals surface area contributed by atoms with E-state index in [-0.39, 0.29) is 23.4 Å². The molecule has 2 rings (SSSR count). The number of aryl methyl sites for hydroxylation is 1. The minimum atomic E-state index is -3.67. The molecule has 6 heteroatoms. The fourth-order valence-corrected chi connectivity index (χ4v) is 3.65. The normalized spacial score (nSPS) is 12.8. The number of hydrogen-bond donors (Lipinski definition) is 1. The van der Waals surface area contributed by atoms with E-state index in [4.69, 9.17) is 0 Å². The zero-order chi connectivity index (χ0) is 17.7. The Morgan fingerprint density at radius 3 is 2.29 bits per heavy atom. The van der Waals surface area contributed by atoms with Gasteiger partial charge < -0.3 is 5.32 Å². The zero-order valence-electron chi connectivity index (χ0n) is 14.1. The highest BCUT2D eigenvalue weighted by molar-refractivity contribution is 7.89. The fourth-order valence-electron chi connectivity index (χ4n) is 2.50. The Balaban J connectivity index is 2.03. The Morgan fingerprint density at radius 2 is 1.67 bits per heavy atom. The van der Waals surface area contributed by atoms with E-state index in [1.807, 2.05) is 38.1 Å². The van der Waals surface area contributed by atoms with Gasteiger partial charge in [0.2, 0.25) is 15.9 Å². The largest absolute Gasteiger partial charge is 0.348 e. The molecule has 0 spiro atoms. The summed E-state index contributed by atoms with van der Waals surface area (Å²) in [6.07, 6.45) is 0. The van der Waals surface area contributed by atoms with Gasteiger partial charge in [0, 0.05) is 7.05 Å². The Bertz CT molecular complexity index is 804. The van der Waals surface area contributed by atoms with Crippen LogP contribution in [-0.2, 0) is 14.8 Å². The molecule has 0 saturated carbocycles. The third kappa shape index (κ3) is 4.21. The van der Waals surface area contributed by atoms with Gasteiger partial charge in [-0.05, 0) is 37.1 Å². The van der Waals surface area contributed by atoms with Gasteiger partial charge in [-0.25, -0.2) is 8.42 Å². The number of likely N-dealkylation sites (N-methyl/N-ethyl adjacent to an activating group) is 1. The molecule has 0 bridgehead atoms. The van der Waals surface area contributed by atoms with E-state index >= 15 is 0 Å². The molecule has 0 unspecified atom stereocenters. The molecule has 2 aromatic carbocycles. The van der Waals surface area contributed by atoms with Gasteiger partial charge in [0.1, 0.15) is 0 Å². The first-order chi connectivity index (χ1) is 11.3. The summed E-state index contributed by atoms with van der Waals surface area (Å²) in [6, 6.07) is 15.7. The molecule has 0 saturated heterocycles. The first-order valence-electron chi connectivity index (χ1n) is 7.68. The maximum absolute atomic E-state index is 12.4. The van der Waals surface area contributed by atoms with Crippen molar-refractivity contribution in [2.75, 3.05) is 13.6 Å². The second-order valence-electron chi connectivity index (χ2n) is 5.72. The quantitative estimate of drug-likeness (QED) is 0.874. The van der Waals surface area contributed by atoms with E-state index in [9.17, 15) is 13.2 Å². The predicted octanol–water partition coefficient (Wildman–Crippen LogP) is 2.49. The molecule has 5 nitrogen and oxygen atoms in total. The first-order valence-corrected chi connectivity index (χ1v) is 9.12. The molecule has 24 heavy (non-hydrogen) atoms. The van der Waals surface area contributed by atoms with Gasteiger partial charge in [-0.2, -0.15) is 4.31 Å². The molecular weight excluding hydrogens is 324 g/mol. The van der Waals surface area contributed by atoms with Gasteiger partial charge in [0.15, 0.2) is 0 Å². The number of benzene rings is 2. The molecular formula is C18H22N2O3S. The predicted molar refractivity (Wildman–Crippen MR) is 94.0 cm³/mol. The van der Waals surface area contributed by atoms with Gasteiger partial charge in [0.05, 0.1) is 17.5 Å². The van der Waals surface area contributed by atoms with Crippen molar-refractivity contribution in [2.45, 2.75) is 24.8 Å². The fraction of sp³-hybridized carbons (Fsp3) is 0.278. The SMILES string of the molecule is Cc1ccccc1[C@@H](C)NC(=O)CN(C)S(=O)(=O)c1ccccc1. The van der Waals surface area contributed by atoms with Crippen LogP contribution in [-0.4, -0.2) is 32.2 Å². The number of carbonyl (C=O) groups is 1. The maximum Gasteiger partial charge on any atom is 0.243 e. The summed E-state index contributed by atoms with van der Waals surface area (Å²) in [4.78, 5) is 12.4. The van der Waals surface area contributed by atoms with Gasteiger partial charge in [-0.1, -0.05) is 42.5 Å². The van der Waals surface area contributed by atoms with Crippen LogP contribution in [0.25, 0.3) is 0 Å². The number of rotatable bonds is 6. The highest BCUT2D eigenvalue weighted by Crippen LogP contribution is 2.17. The molecule has 0 aromatic heterocycles. The van der Waals surface area contributed by atoms with Crippen molar-refractivity contribution >= 4 is 15.9 Å². The van der Waals surface area contributed by atoms with Crippen LogP contribution < -0.4 is 5.32 Å². The minimum absolute atomic E-state index is 0.173. The van der Waals surface area contributed by atoms with Crippen molar-refractivity contribution in [3.8, 4) is 0 Å². The third-order valence-corrected chi connectivity index (χ3v) is 5.67. The van der Waals surface area contributed by atoms with Crippen LogP contribution >= 0.6 is 0 Å². The average Bonchev–Trinajstić information content (AvgIpc) is 2.55. The second-order valence-corrected chi connectivity index (χ2v) is 7.76. The van der Waals surface area contributed by atoms with Crippen LogP contribution in [0, 0.1) is 6.92 Å². The van der Waals surface area contributed by atoms with Gasteiger partial charge in [-0.15, -0.1) is 0 Å². The van der Waals surface area contributed by atoms with E-state index in [0.29, 0.717) is 0 Å². The molecule has 128 valence electrons. The summed E-state index contributed by atoms with van der Waals surface area (Å²) >= 11 is 0. The van der Waals surface area contributed by atoms with Crippen molar-refractivity contribution in [1.29, 1.82) is 0 Å². The Morgan fingerprint density at radius 1 is 1.08 bits per heavy atom. The van der Waals surface area contributed by atoms with Crippen LogP contribution in [0.2, 0.25) is 0 Å². The lowest BCUT2D eigenvalue weighted by atomic mass is 10.0. The lowest BCUT2D eigenvalue weighted by molar-refractivity contribution is -0.121. The molecule has 0 radical (unpaired) electrons.